The van der Waals surface area contributed by atoms with E-state index in [0.29, 0.717) is 12.1 Å². The normalized spacial score (nSPS) is 10.7. The van der Waals surface area contributed by atoms with Crippen molar-refractivity contribution in [3.05, 3.63) is 65.6 Å². The lowest BCUT2D eigenvalue weighted by molar-refractivity contribution is 0.415. The molecule has 3 aromatic rings. The first-order valence-electron chi connectivity index (χ1n) is 7.10. The fraction of sp³-hybridized carbons (Fsp3) is 0.167. The molecule has 0 radical (unpaired) electrons. The van der Waals surface area contributed by atoms with Gasteiger partial charge in [0.15, 0.2) is 0 Å². The zero-order chi connectivity index (χ0) is 15.5. The number of aromatic nitrogens is 1. The summed E-state index contributed by atoms with van der Waals surface area (Å²) in [7, 11) is 1.63. The van der Waals surface area contributed by atoms with Crippen LogP contribution in [0.3, 0.4) is 0 Å². The fourth-order valence-electron chi connectivity index (χ4n) is 2.45. The second kappa shape index (κ2) is 6.02. The molecular formula is C18H17FN2O. The van der Waals surface area contributed by atoms with E-state index in [-0.39, 0.29) is 5.82 Å². The SMILES string of the molecule is COc1ccc2c(NCc3ccccc3F)cc(C)nc2c1. The van der Waals surface area contributed by atoms with E-state index in [1.165, 1.54) is 6.07 Å². The number of halogens is 1. The van der Waals surface area contributed by atoms with Crippen LogP contribution in [0.5, 0.6) is 5.75 Å². The van der Waals surface area contributed by atoms with Gasteiger partial charge in [-0.1, -0.05) is 18.2 Å². The zero-order valence-electron chi connectivity index (χ0n) is 12.6. The van der Waals surface area contributed by atoms with Gasteiger partial charge in [-0.25, -0.2) is 4.39 Å². The van der Waals surface area contributed by atoms with Crippen molar-refractivity contribution in [1.29, 1.82) is 0 Å². The Kier molecular flexibility index (Phi) is 3.92. The van der Waals surface area contributed by atoms with Crippen LogP contribution < -0.4 is 10.1 Å². The van der Waals surface area contributed by atoms with Gasteiger partial charge < -0.3 is 10.1 Å². The van der Waals surface area contributed by atoms with Crippen molar-refractivity contribution in [1.82, 2.24) is 4.98 Å². The van der Waals surface area contributed by atoms with E-state index in [0.717, 1.165) is 28.0 Å². The summed E-state index contributed by atoms with van der Waals surface area (Å²) in [4.78, 5) is 4.52. The standard InChI is InChI=1S/C18H17FN2O/c1-12-9-17(20-11-13-5-3-4-6-16(13)19)15-8-7-14(22-2)10-18(15)21-12/h3-10H,11H2,1-2H3,(H,20,21). The van der Waals surface area contributed by atoms with Crippen molar-refractivity contribution in [2.45, 2.75) is 13.5 Å². The summed E-state index contributed by atoms with van der Waals surface area (Å²) in [6.07, 6.45) is 0. The molecule has 0 amide bonds. The Bertz CT molecular complexity index is 817. The third kappa shape index (κ3) is 2.86. The first-order valence-corrected chi connectivity index (χ1v) is 7.10. The molecular weight excluding hydrogens is 279 g/mol. The van der Waals surface area contributed by atoms with Crippen LogP contribution in [0.15, 0.2) is 48.5 Å². The largest absolute Gasteiger partial charge is 0.497 e. The number of hydrogen-bond acceptors (Lipinski definition) is 3. The molecule has 0 saturated heterocycles. The van der Waals surface area contributed by atoms with E-state index in [1.807, 2.05) is 37.3 Å². The Balaban J connectivity index is 1.95. The number of methoxy groups -OCH3 is 1. The summed E-state index contributed by atoms with van der Waals surface area (Å²) in [6, 6.07) is 14.5. The van der Waals surface area contributed by atoms with Gasteiger partial charge in [-0.3, -0.25) is 4.98 Å². The number of benzene rings is 2. The number of nitrogens with zero attached hydrogens (tertiary/aromatic N) is 1. The van der Waals surface area contributed by atoms with Crippen LogP contribution in [0.1, 0.15) is 11.3 Å². The van der Waals surface area contributed by atoms with Crippen LogP contribution in [0, 0.1) is 12.7 Å². The molecule has 3 nitrogen and oxygen atoms in total. The fourth-order valence-corrected chi connectivity index (χ4v) is 2.45. The summed E-state index contributed by atoms with van der Waals surface area (Å²) >= 11 is 0. The summed E-state index contributed by atoms with van der Waals surface area (Å²) in [5, 5.41) is 4.29. The van der Waals surface area contributed by atoms with Gasteiger partial charge in [-0.15, -0.1) is 0 Å². The highest BCUT2D eigenvalue weighted by Crippen LogP contribution is 2.27. The maximum absolute atomic E-state index is 13.7. The van der Waals surface area contributed by atoms with Crippen LogP contribution in [-0.4, -0.2) is 12.1 Å². The molecule has 0 aliphatic heterocycles. The van der Waals surface area contributed by atoms with Gasteiger partial charge in [0.25, 0.3) is 0 Å². The van der Waals surface area contributed by atoms with Crippen LogP contribution in [0.2, 0.25) is 0 Å². The lowest BCUT2D eigenvalue weighted by Gasteiger charge is -2.12. The Morgan fingerprint density at radius 2 is 1.95 bits per heavy atom. The molecule has 1 aromatic heterocycles. The minimum Gasteiger partial charge on any atom is -0.497 e. The Labute approximate surface area is 128 Å². The van der Waals surface area contributed by atoms with Gasteiger partial charge in [-0.05, 0) is 31.2 Å². The number of anilines is 1. The zero-order valence-corrected chi connectivity index (χ0v) is 12.6. The van der Waals surface area contributed by atoms with Crippen molar-refractivity contribution in [2.75, 3.05) is 12.4 Å². The van der Waals surface area contributed by atoms with Crippen molar-refractivity contribution in [2.24, 2.45) is 0 Å². The molecule has 2 aromatic carbocycles. The predicted molar refractivity (Wildman–Crippen MR) is 86.8 cm³/mol. The average Bonchev–Trinajstić information content (AvgIpc) is 2.53. The van der Waals surface area contributed by atoms with Crippen LogP contribution in [0.4, 0.5) is 10.1 Å². The maximum atomic E-state index is 13.7. The van der Waals surface area contributed by atoms with Gasteiger partial charge in [0.1, 0.15) is 11.6 Å². The van der Waals surface area contributed by atoms with E-state index in [4.69, 9.17) is 4.74 Å². The van der Waals surface area contributed by atoms with Crippen LogP contribution in [0.25, 0.3) is 10.9 Å². The molecule has 0 atom stereocenters. The Morgan fingerprint density at radius 3 is 2.73 bits per heavy atom. The van der Waals surface area contributed by atoms with Crippen molar-refractivity contribution in [3.63, 3.8) is 0 Å². The van der Waals surface area contributed by atoms with E-state index < -0.39 is 0 Å². The molecule has 112 valence electrons. The molecule has 0 fully saturated rings. The highest BCUT2D eigenvalue weighted by Gasteiger charge is 2.07. The minimum absolute atomic E-state index is 0.202. The highest BCUT2D eigenvalue weighted by molar-refractivity contribution is 5.92. The number of aryl methyl sites for hydroxylation is 1. The lowest BCUT2D eigenvalue weighted by Crippen LogP contribution is -2.03. The molecule has 4 heteroatoms. The summed E-state index contributed by atoms with van der Waals surface area (Å²) in [5.41, 5.74) is 3.33. The molecule has 0 aliphatic carbocycles. The summed E-state index contributed by atoms with van der Waals surface area (Å²) in [5.74, 6) is 0.567. The van der Waals surface area contributed by atoms with Gasteiger partial charge in [-0.2, -0.15) is 0 Å². The van der Waals surface area contributed by atoms with Crippen molar-refractivity contribution < 1.29 is 9.13 Å². The van der Waals surface area contributed by atoms with Crippen molar-refractivity contribution >= 4 is 16.6 Å². The molecule has 0 aliphatic rings. The molecule has 0 spiro atoms. The van der Waals surface area contributed by atoms with Crippen LogP contribution in [-0.2, 0) is 6.54 Å². The molecule has 1 heterocycles. The van der Waals surface area contributed by atoms with Gasteiger partial charge >= 0.3 is 0 Å². The second-order valence-electron chi connectivity index (χ2n) is 5.14. The predicted octanol–water partition coefficient (Wildman–Crippen LogP) is 4.30. The molecule has 22 heavy (non-hydrogen) atoms. The smallest absolute Gasteiger partial charge is 0.128 e. The Morgan fingerprint density at radius 1 is 1.14 bits per heavy atom. The van der Waals surface area contributed by atoms with E-state index in [9.17, 15) is 4.39 Å². The van der Waals surface area contributed by atoms with E-state index in [2.05, 4.69) is 10.3 Å². The maximum Gasteiger partial charge on any atom is 0.128 e. The van der Waals surface area contributed by atoms with Gasteiger partial charge in [0.2, 0.25) is 0 Å². The monoisotopic (exact) mass is 296 g/mol. The van der Waals surface area contributed by atoms with E-state index >= 15 is 0 Å². The minimum atomic E-state index is -0.202. The topological polar surface area (TPSA) is 34.1 Å². The molecule has 0 unspecified atom stereocenters. The number of pyridine rings is 1. The number of hydrogen-bond donors (Lipinski definition) is 1. The van der Waals surface area contributed by atoms with Crippen molar-refractivity contribution in [3.8, 4) is 5.75 Å². The molecule has 0 saturated carbocycles. The number of nitrogens with one attached hydrogen (secondary N) is 1. The average molecular weight is 296 g/mol. The summed E-state index contributed by atoms with van der Waals surface area (Å²) < 4.78 is 19.0. The van der Waals surface area contributed by atoms with Gasteiger partial charge in [0, 0.05) is 34.9 Å². The molecule has 1 N–H and O–H groups in total. The third-order valence-corrected chi connectivity index (χ3v) is 3.57. The quantitative estimate of drug-likeness (QED) is 0.779. The first kappa shape index (κ1) is 14.3. The van der Waals surface area contributed by atoms with E-state index in [1.54, 1.807) is 19.2 Å². The third-order valence-electron chi connectivity index (χ3n) is 3.57. The number of rotatable bonds is 4. The molecule has 3 rings (SSSR count). The number of ether oxygens (including phenoxy) is 1. The van der Waals surface area contributed by atoms with Crippen LogP contribution >= 0.6 is 0 Å². The summed E-state index contributed by atoms with van der Waals surface area (Å²) in [6.45, 7) is 2.37. The van der Waals surface area contributed by atoms with Gasteiger partial charge in [0.05, 0.1) is 12.6 Å². The first-order chi connectivity index (χ1) is 10.7. The lowest BCUT2D eigenvalue weighted by atomic mass is 10.1. The highest BCUT2D eigenvalue weighted by atomic mass is 19.1. The second-order valence-corrected chi connectivity index (χ2v) is 5.14. The molecule has 0 bridgehead atoms. The Hall–Kier alpha value is -2.62. The number of fused-ring (bicyclic) bond motifs is 1.